The van der Waals surface area contributed by atoms with Crippen LogP contribution in [0.25, 0.3) is 10.9 Å². The van der Waals surface area contributed by atoms with E-state index >= 15 is 0 Å². The first-order valence-electron chi connectivity index (χ1n) is 3.83. The lowest BCUT2D eigenvalue weighted by molar-refractivity contribution is 0.565. The van der Waals surface area contributed by atoms with Crippen LogP contribution in [0.4, 0.5) is 5.82 Å². The topological polar surface area (TPSA) is 58.1 Å². The zero-order valence-electron chi connectivity index (χ0n) is 7.03. The molecule has 13 heavy (non-hydrogen) atoms. The summed E-state index contributed by atoms with van der Waals surface area (Å²) >= 11 is 0. The number of hydrogen-bond acceptors (Lipinski definition) is 3. The van der Waals surface area contributed by atoms with Crippen LogP contribution >= 0.6 is 0 Å². The van der Waals surface area contributed by atoms with Crippen molar-refractivity contribution in [3.8, 4) is 0 Å². The lowest BCUT2D eigenvalue weighted by atomic mass is 10.2. The van der Waals surface area contributed by atoms with Crippen LogP contribution in [0, 0.1) is 6.92 Å². The SMILES string of the molecule is Cc1c[nH]c2ccnc(N=C=O)c12. The molecule has 0 aromatic carbocycles. The molecule has 0 bridgehead atoms. The number of nitrogens with one attached hydrogen (secondary N) is 1. The summed E-state index contributed by atoms with van der Waals surface area (Å²) in [6, 6.07) is 1.84. The Kier molecular flexibility index (Phi) is 1.69. The Balaban J connectivity index is 2.87. The molecule has 1 N–H and O–H groups in total. The summed E-state index contributed by atoms with van der Waals surface area (Å²) in [4.78, 5) is 20.7. The van der Waals surface area contributed by atoms with Crippen molar-refractivity contribution in [1.29, 1.82) is 0 Å². The van der Waals surface area contributed by atoms with Gasteiger partial charge in [-0.15, -0.1) is 4.99 Å². The molecule has 64 valence electrons. The number of aryl methyl sites for hydroxylation is 1. The number of rotatable bonds is 1. The molecule has 0 aliphatic heterocycles. The number of H-pyrrole nitrogens is 1. The minimum Gasteiger partial charge on any atom is -0.361 e. The van der Waals surface area contributed by atoms with Crippen molar-refractivity contribution >= 4 is 22.8 Å². The van der Waals surface area contributed by atoms with Crippen LogP contribution in [0.2, 0.25) is 0 Å². The van der Waals surface area contributed by atoms with Gasteiger partial charge in [-0.25, -0.2) is 9.78 Å². The summed E-state index contributed by atoms with van der Waals surface area (Å²) in [7, 11) is 0. The first kappa shape index (κ1) is 7.71. The van der Waals surface area contributed by atoms with Gasteiger partial charge in [0.1, 0.15) is 0 Å². The van der Waals surface area contributed by atoms with Gasteiger partial charge >= 0.3 is 0 Å². The second-order valence-corrected chi connectivity index (χ2v) is 2.73. The van der Waals surface area contributed by atoms with Crippen LogP contribution < -0.4 is 0 Å². The maximum absolute atomic E-state index is 10.1. The number of pyridine rings is 1. The van der Waals surface area contributed by atoms with E-state index in [4.69, 9.17) is 0 Å². The van der Waals surface area contributed by atoms with Gasteiger partial charge < -0.3 is 4.98 Å². The first-order valence-corrected chi connectivity index (χ1v) is 3.83. The van der Waals surface area contributed by atoms with Crippen molar-refractivity contribution in [3.05, 3.63) is 24.0 Å². The zero-order chi connectivity index (χ0) is 9.26. The molecule has 0 saturated carbocycles. The molecular weight excluding hydrogens is 166 g/mol. The Morgan fingerprint density at radius 1 is 1.62 bits per heavy atom. The van der Waals surface area contributed by atoms with Gasteiger partial charge in [0.25, 0.3) is 0 Å². The Morgan fingerprint density at radius 2 is 2.46 bits per heavy atom. The summed E-state index contributed by atoms with van der Waals surface area (Å²) in [6.45, 7) is 1.93. The molecule has 0 saturated heterocycles. The maximum Gasteiger partial charge on any atom is 0.242 e. The first-order chi connectivity index (χ1) is 6.33. The van der Waals surface area contributed by atoms with Crippen LogP contribution in [-0.4, -0.2) is 16.0 Å². The van der Waals surface area contributed by atoms with Gasteiger partial charge in [-0.05, 0) is 18.6 Å². The van der Waals surface area contributed by atoms with E-state index in [2.05, 4.69) is 15.0 Å². The zero-order valence-corrected chi connectivity index (χ0v) is 7.03. The average molecular weight is 173 g/mol. The van der Waals surface area contributed by atoms with Crippen molar-refractivity contribution < 1.29 is 4.79 Å². The van der Waals surface area contributed by atoms with E-state index < -0.39 is 0 Å². The van der Waals surface area contributed by atoms with Crippen molar-refractivity contribution in [2.75, 3.05) is 0 Å². The Bertz CT molecular complexity index is 495. The number of aromatic nitrogens is 2. The quantitative estimate of drug-likeness (QED) is 0.528. The van der Waals surface area contributed by atoms with E-state index in [1.54, 1.807) is 6.20 Å². The third kappa shape index (κ3) is 1.13. The number of isocyanates is 1. The highest BCUT2D eigenvalue weighted by Gasteiger charge is 2.04. The van der Waals surface area contributed by atoms with Crippen molar-refractivity contribution in [2.24, 2.45) is 4.99 Å². The summed E-state index contributed by atoms with van der Waals surface area (Å²) in [5.74, 6) is 0.422. The van der Waals surface area contributed by atoms with E-state index in [1.165, 1.54) is 6.08 Å². The fraction of sp³-hybridized carbons (Fsp3) is 0.111. The van der Waals surface area contributed by atoms with E-state index in [9.17, 15) is 4.79 Å². The third-order valence-corrected chi connectivity index (χ3v) is 1.92. The van der Waals surface area contributed by atoms with Gasteiger partial charge in [-0.2, -0.15) is 0 Å². The van der Waals surface area contributed by atoms with Crippen molar-refractivity contribution in [3.63, 3.8) is 0 Å². The number of carbonyl (C=O) groups excluding carboxylic acids is 1. The van der Waals surface area contributed by atoms with Gasteiger partial charge in [0, 0.05) is 17.8 Å². The standard InChI is InChI=1S/C9H7N3O/c1-6-4-11-7-2-3-10-9(8(6)7)12-5-13/h2-4,11H,1H3. The Morgan fingerprint density at radius 3 is 3.23 bits per heavy atom. The maximum atomic E-state index is 10.1. The molecule has 0 radical (unpaired) electrons. The van der Waals surface area contributed by atoms with Crippen molar-refractivity contribution in [2.45, 2.75) is 6.92 Å². The summed E-state index contributed by atoms with van der Waals surface area (Å²) in [6.07, 6.45) is 4.95. The molecule has 2 rings (SSSR count). The van der Waals surface area contributed by atoms with E-state index in [1.807, 2.05) is 19.2 Å². The predicted molar refractivity (Wildman–Crippen MR) is 48.6 cm³/mol. The molecule has 4 heteroatoms. The third-order valence-electron chi connectivity index (χ3n) is 1.92. The van der Waals surface area contributed by atoms with Crippen LogP contribution in [-0.2, 0) is 4.79 Å². The Labute approximate surface area is 74.3 Å². The van der Waals surface area contributed by atoms with Crippen molar-refractivity contribution in [1.82, 2.24) is 9.97 Å². The number of aromatic amines is 1. The highest BCUT2D eigenvalue weighted by Crippen LogP contribution is 2.25. The number of nitrogens with zero attached hydrogens (tertiary/aromatic N) is 2. The van der Waals surface area contributed by atoms with Crippen LogP contribution in [0.15, 0.2) is 23.5 Å². The lowest BCUT2D eigenvalue weighted by Crippen LogP contribution is -1.76. The van der Waals surface area contributed by atoms with Gasteiger partial charge in [-0.3, -0.25) is 0 Å². The number of aliphatic imine (C=N–C) groups is 1. The average Bonchev–Trinajstić information content (AvgIpc) is 2.50. The van der Waals surface area contributed by atoms with Crippen LogP contribution in [0.3, 0.4) is 0 Å². The highest BCUT2D eigenvalue weighted by molar-refractivity contribution is 5.91. The largest absolute Gasteiger partial charge is 0.361 e. The van der Waals surface area contributed by atoms with E-state index in [-0.39, 0.29) is 0 Å². The molecular formula is C9H7N3O. The molecule has 0 fully saturated rings. The van der Waals surface area contributed by atoms with Gasteiger partial charge in [0.2, 0.25) is 6.08 Å². The predicted octanol–water partition coefficient (Wildman–Crippen LogP) is 1.84. The molecule has 2 aromatic rings. The molecule has 0 spiro atoms. The lowest BCUT2D eigenvalue weighted by Gasteiger charge is -1.93. The second-order valence-electron chi connectivity index (χ2n) is 2.73. The minimum absolute atomic E-state index is 0.422. The van der Waals surface area contributed by atoms with Gasteiger partial charge in [0.05, 0.1) is 5.52 Å². The molecule has 0 aliphatic rings. The number of hydrogen-bond donors (Lipinski definition) is 1. The smallest absolute Gasteiger partial charge is 0.242 e. The molecule has 2 aromatic heterocycles. The minimum atomic E-state index is 0.422. The summed E-state index contributed by atoms with van der Waals surface area (Å²) in [5, 5.41) is 0.880. The molecule has 4 nitrogen and oxygen atoms in total. The molecule has 0 unspecified atom stereocenters. The fourth-order valence-electron chi connectivity index (χ4n) is 1.35. The van der Waals surface area contributed by atoms with Crippen LogP contribution in [0.5, 0.6) is 0 Å². The number of fused-ring (bicyclic) bond motifs is 1. The van der Waals surface area contributed by atoms with Gasteiger partial charge in [0.15, 0.2) is 5.82 Å². The van der Waals surface area contributed by atoms with Crippen LogP contribution in [0.1, 0.15) is 5.56 Å². The molecule has 2 heterocycles. The van der Waals surface area contributed by atoms with Gasteiger partial charge in [-0.1, -0.05) is 0 Å². The van der Waals surface area contributed by atoms with E-state index in [0.29, 0.717) is 5.82 Å². The monoisotopic (exact) mass is 173 g/mol. The highest BCUT2D eigenvalue weighted by atomic mass is 16.1. The molecule has 0 aliphatic carbocycles. The van der Waals surface area contributed by atoms with E-state index in [0.717, 1.165) is 16.5 Å². The Hall–Kier alpha value is -1.93. The normalized spacial score (nSPS) is 9.92. The molecule has 0 atom stereocenters. The molecule has 0 amide bonds. The second kappa shape index (κ2) is 2.84. The summed E-state index contributed by atoms with van der Waals surface area (Å²) in [5.41, 5.74) is 1.96. The fourth-order valence-corrected chi connectivity index (χ4v) is 1.35. The summed E-state index contributed by atoms with van der Waals surface area (Å²) < 4.78 is 0.